The Labute approximate surface area is 135 Å². The Balaban J connectivity index is 1.79. The van der Waals surface area contributed by atoms with Gasteiger partial charge in [-0.1, -0.05) is 0 Å². The summed E-state index contributed by atoms with van der Waals surface area (Å²) in [6.45, 7) is 1.82. The number of hydrogen-bond acceptors (Lipinski definition) is 4. The van der Waals surface area contributed by atoms with Gasteiger partial charge in [-0.15, -0.1) is 0 Å². The molecular formula is C16H14F3N3O2. The maximum absolute atomic E-state index is 12.4. The first-order chi connectivity index (χ1) is 11.3. The first kappa shape index (κ1) is 16.2. The van der Waals surface area contributed by atoms with E-state index in [1.54, 1.807) is 24.5 Å². The quantitative estimate of drug-likeness (QED) is 0.914. The monoisotopic (exact) mass is 337 g/mol. The molecule has 1 aromatic carbocycles. The number of carbonyl (C=O) groups is 1. The average Bonchev–Trinajstić information content (AvgIpc) is 2.54. The van der Waals surface area contributed by atoms with Crippen molar-refractivity contribution in [2.45, 2.75) is 25.6 Å². The van der Waals surface area contributed by atoms with Gasteiger partial charge in [0, 0.05) is 11.8 Å². The predicted molar refractivity (Wildman–Crippen MR) is 79.4 cm³/mol. The number of hydrogen-bond donors (Lipinski definition) is 1. The fourth-order valence-electron chi connectivity index (χ4n) is 2.46. The fourth-order valence-corrected chi connectivity index (χ4v) is 2.46. The Hall–Kier alpha value is -2.64. The minimum Gasteiger partial charge on any atom is -0.491 e. The molecule has 1 N–H and O–H groups in total. The van der Waals surface area contributed by atoms with E-state index in [9.17, 15) is 18.0 Å². The van der Waals surface area contributed by atoms with Crippen molar-refractivity contribution in [2.75, 3.05) is 6.61 Å². The van der Waals surface area contributed by atoms with Crippen molar-refractivity contribution in [3.8, 4) is 17.0 Å². The second-order valence-corrected chi connectivity index (χ2v) is 5.55. The van der Waals surface area contributed by atoms with Crippen LogP contribution in [0.25, 0.3) is 11.3 Å². The highest BCUT2D eigenvalue weighted by Crippen LogP contribution is 2.29. The molecule has 126 valence electrons. The zero-order valence-electron chi connectivity index (χ0n) is 12.7. The first-order valence-electron chi connectivity index (χ1n) is 7.25. The molecule has 24 heavy (non-hydrogen) atoms. The second kappa shape index (κ2) is 6.10. The molecule has 0 aliphatic carbocycles. The summed E-state index contributed by atoms with van der Waals surface area (Å²) < 4.78 is 42.5. The van der Waals surface area contributed by atoms with E-state index in [0.29, 0.717) is 17.0 Å². The number of benzene rings is 1. The Morgan fingerprint density at radius 1 is 1.29 bits per heavy atom. The number of halogens is 3. The van der Waals surface area contributed by atoms with Crippen LogP contribution in [0.3, 0.4) is 0 Å². The molecule has 8 heteroatoms. The first-order valence-corrected chi connectivity index (χ1v) is 7.25. The topological polar surface area (TPSA) is 64.1 Å². The summed E-state index contributed by atoms with van der Waals surface area (Å²) in [6, 6.07) is 4.62. The van der Waals surface area contributed by atoms with Crippen LogP contribution in [0.4, 0.5) is 13.2 Å². The SMILES string of the molecule is Cc1cnc(-c2ccc3c(c2)C[C@@H](NC(=O)C(F)(F)F)CO3)cn1. The molecule has 1 aliphatic rings. The molecule has 0 saturated heterocycles. The Kier molecular flexibility index (Phi) is 4.13. The molecular weight excluding hydrogens is 323 g/mol. The van der Waals surface area contributed by atoms with E-state index < -0.39 is 18.1 Å². The van der Waals surface area contributed by atoms with Gasteiger partial charge in [0.2, 0.25) is 0 Å². The van der Waals surface area contributed by atoms with E-state index in [1.165, 1.54) is 0 Å². The minimum atomic E-state index is -4.90. The van der Waals surface area contributed by atoms with E-state index in [4.69, 9.17) is 4.74 Å². The van der Waals surface area contributed by atoms with Gasteiger partial charge < -0.3 is 10.1 Å². The molecule has 0 spiro atoms. The maximum atomic E-state index is 12.4. The Bertz CT molecular complexity index is 760. The van der Waals surface area contributed by atoms with Gasteiger partial charge >= 0.3 is 12.1 Å². The van der Waals surface area contributed by atoms with E-state index in [0.717, 1.165) is 11.3 Å². The molecule has 1 aliphatic heterocycles. The van der Waals surface area contributed by atoms with Gasteiger partial charge in [-0.2, -0.15) is 13.2 Å². The Morgan fingerprint density at radius 2 is 2.08 bits per heavy atom. The lowest BCUT2D eigenvalue weighted by molar-refractivity contribution is -0.174. The van der Waals surface area contributed by atoms with Gasteiger partial charge in [0.25, 0.3) is 0 Å². The molecule has 0 fully saturated rings. The predicted octanol–water partition coefficient (Wildman–Crippen LogP) is 2.43. The lowest BCUT2D eigenvalue weighted by Gasteiger charge is -2.26. The highest BCUT2D eigenvalue weighted by molar-refractivity contribution is 5.82. The van der Waals surface area contributed by atoms with E-state index in [-0.39, 0.29) is 13.0 Å². The molecule has 1 aromatic heterocycles. The Morgan fingerprint density at radius 3 is 2.75 bits per heavy atom. The van der Waals surface area contributed by atoms with Crippen molar-refractivity contribution in [2.24, 2.45) is 0 Å². The third kappa shape index (κ3) is 3.47. The van der Waals surface area contributed by atoms with Crippen molar-refractivity contribution in [1.82, 2.24) is 15.3 Å². The van der Waals surface area contributed by atoms with Crippen molar-refractivity contribution < 1.29 is 22.7 Å². The van der Waals surface area contributed by atoms with Crippen molar-refractivity contribution >= 4 is 5.91 Å². The van der Waals surface area contributed by atoms with Crippen LogP contribution in [0.1, 0.15) is 11.3 Å². The highest BCUT2D eigenvalue weighted by Gasteiger charge is 2.40. The van der Waals surface area contributed by atoms with Gasteiger partial charge in [0.05, 0.1) is 23.6 Å². The van der Waals surface area contributed by atoms with Crippen molar-refractivity contribution in [3.63, 3.8) is 0 Å². The second-order valence-electron chi connectivity index (χ2n) is 5.55. The van der Waals surface area contributed by atoms with Gasteiger partial charge in [-0.05, 0) is 37.1 Å². The van der Waals surface area contributed by atoms with Crippen LogP contribution in [0.15, 0.2) is 30.6 Å². The third-order valence-corrected chi connectivity index (χ3v) is 3.64. The summed E-state index contributed by atoms with van der Waals surface area (Å²) in [5.41, 5.74) is 2.95. The standard InChI is InChI=1S/C16H14F3N3O2/c1-9-6-21-13(7-20-9)10-2-3-14-11(4-10)5-12(8-24-14)22-15(23)16(17,18)19/h2-4,6-7,12H,5,8H2,1H3,(H,22,23)/t12-/m1/s1. The molecule has 0 bridgehead atoms. The molecule has 0 saturated carbocycles. The van der Waals surface area contributed by atoms with Crippen molar-refractivity contribution in [1.29, 1.82) is 0 Å². The summed E-state index contributed by atoms with van der Waals surface area (Å²) in [5, 5.41) is 1.95. The van der Waals surface area contributed by atoms with Gasteiger partial charge in [-0.3, -0.25) is 14.8 Å². The smallest absolute Gasteiger partial charge is 0.471 e. The lowest BCUT2D eigenvalue weighted by Crippen LogP contribution is -2.47. The number of nitrogens with zero attached hydrogens (tertiary/aromatic N) is 2. The van der Waals surface area contributed by atoms with Crippen LogP contribution >= 0.6 is 0 Å². The summed E-state index contributed by atoms with van der Waals surface area (Å²) in [6.07, 6.45) is -1.38. The number of rotatable bonds is 2. The van der Waals surface area contributed by atoms with Gasteiger partial charge in [-0.25, -0.2) is 0 Å². The largest absolute Gasteiger partial charge is 0.491 e. The molecule has 1 amide bonds. The van der Waals surface area contributed by atoms with E-state index >= 15 is 0 Å². The molecule has 3 rings (SSSR count). The van der Waals surface area contributed by atoms with Crippen LogP contribution in [0.2, 0.25) is 0 Å². The highest BCUT2D eigenvalue weighted by atomic mass is 19.4. The zero-order valence-corrected chi connectivity index (χ0v) is 12.7. The number of aromatic nitrogens is 2. The molecule has 2 aromatic rings. The van der Waals surface area contributed by atoms with Crippen LogP contribution in [-0.4, -0.2) is 34.7 Å². The van der Waals surface area contributed by atoms with Crippen molar-refractivity contribution in [3.05, 3.63) is 41.9 Å². The number of nitrogens with one attached hydrogen (secondary N) is 1. The van der Waals surface area contributed by atoms with Crippen LogP contribution in [0, 0.1) is 6.92 Å². The normalized spacial score (nSPS) is 16.9. The third-order valence-electron chi connectivity index (χ3n) is 3.64. The van der Waals surface area contributed by atoms with E-state index in [2.05, 4.69) is 9.97 Å². The summed E-state index contributed by atoms with van der Waals surface area (Å²) in [4.78, 5) is 19.5. The van der Waals surface area contributed by atoms with Crippen LogP contribution in [-0.2, 0) is 11.2 Å². The molecule has 2 heterocycles. The number of ether oxygens (including phenoxy) is 1. The number of alkyl halides is 3. The minimum absolute atomic E-state index is 0.00148. The fraction of sp³-hybridized carbons (Fsp3) is 0.312. The molecule has 0 radical (unpaired) electrons. The molecule has 0 unspecified atom stereocenters. The number of aryl methyl sites for hydroxylation is 1. The van der Waals surface area contributed by atoms with Crippen LogP contribution < -0.4 is 10.1 Å². The average molecular weight is 337 g/mol. The summed E-state index contributed by atoms with van der Waals surface area (Å²) in [7, 11) is 0. The lowest BCUT2D eigenvalue weighted by atomic mass is 9.99. The van der Waals surface area contributed by atoms with Gasteiger partial charge in [0.15, 0.2) is 0 Å². The molecule has 5 nitrogen and oxygen atoms in total. The maximum Gasteiger partial charge on any atom is 0.471 e. The van der Waals surface area contributed by atoms with E-state index in [1.807, 2.05) is 18.3 Å². The summed E-state index contributed by atoms with van der Waals surface area (Å²) >= 11 is 0. The number of amides is 1. The zero-order chi connectivity index (χ0) is 17.3. The van der Waals surface area contributed by atoms with Gasteiger partial charge in [0.1, 0.15) is 12.4 Å². The molecule has 1 atom stereocenters. The number of fused-ring (bicyclic) bond motifs is 1. The number of carbonyl (C=O) groups excluding carboxylic acids is 1. The summed E-state index contributed by atoms with van der Waals surface area (Å²) in [5.74, 6) is -1.36. The van der Waals surface area contributed by atoms with Crippen LogP contribution in [0.5, 0.6) is 5.75 Å².